The van der Waals surface area contributed by atoms with E-state index in [9.17, 15) is 9.59 Å². The number of carbonyl (C=O) groups is 2. The average Bonchev–Trinajstić information content (AvgIpc) is 2.68. The van der Waals surface area contributed by atoms with Gasteiger partial charge in [0.1, 0.15) is 5.82 Å². The number of thioether (sulfide) groups is 1. The lowest BCUT2D eigenvalue weighted by atomic mass is 9.96. The number of rotatable bonds is 5. The number of carbonyl (C=O) groups excluding carboxylic acids is 2. The second-order valence-electron chi connectivity index (χ2n) is 6.41. The molecule has 5 nitrogen and oxygen atoms in total. The molecule has 2 heterocycles. The monoisotopic (exact) mass is 369 g/mol. The number of nitrogens with one attached hydrogen (secondary N) is 1. The second kappa shape index (κ2) is 8.85. The molecule has 0 atom stereocenters. The van der Waals surface area contributed by atoms with Crippen LogP contribution in [-0.2, 0) is 9.59 Å². The number of aromatic nitrogens is 1. The largest absolute Gasteiger partial charge is 0.342 e. The maximum Gasteiger partial charge on any atom is 0.232 e. The fourth-order valence-corrected chi connectivity index (χ4v) is 3.94. The fraction of sp³-hybridized carbons (Fsp3) is 0.350. The van der Waals surface area contributed by atoms with Crippen LogP contribution in [0.4, 0.5) is 5.82 Å². The Morgan fingerprint density at radius 1 is 1.15 bits per heavy atom. The molecule has 26 heavy (non-hydrogen) atoms. The second-order valence-corrected chi connectivity index (χ2v) is 7.43. The molecule has 6 heteroatoms. The first-order chi connectivity index (χ1) is 12.6. The molecule has 2 aromatic rings. The molecule has 2 amide bonds. The zero-order valence-electron chi connectivity index (χ0n) is 14.9. The predicted molar refractivity (Wildman–Crippen MR) is 104 cm³/mol. The van der Waals surface area contributed by atoms with Crippen LogP contribution in [0.25, 0.3) is 0 Å². The standard InChI is InChI=1S/C20H23N3O2S/c1-15-6-2-3-7-17(15)26-14-19(24)23-12-9-16(10-13-23)20(25)22-18-8-4-5-11-21-18/h2-8,11,16H,9-10,12-14H2,1H3,(H,21,22,25). The Bertz CT molecular complexity index is 759. The lowest BCUT2D eigenvalue weighted by Crippen LogP contribution is -2.42. The molecule has 0 bridgehead atoms. The third-order valence-corrected chi connectivity index (χ3v) is 5.74. The van der Waals surface area contributed by atoms with Crippen molar-refractivity contribution < 1.29 is 9.59 Å². The molecule has 0 aliphatic carbocycles. The molecule has 1 aliphatic rings. The Kier molecular flexibility index (Phi) is 6.28. The van der Waals surface area contributed by atoms with Gasteiger partial charge in [-0.3, -0.25) is 9.59 Å². The summed E-state index contributed by atoms with van der Waals surface area (Å²) >= 11 is 1.58. The molecular formula is C20H23N3O2S. The van der Waals surface area contributed by atoms with Gasteiger partial charge in [0.25, 0.3) is 0 Å². The maximum absolute atomic E-state index is 12.4. The molecule has 1 N–H and O–H groups in total. The van der Waals surface area contributed by atoms with Crippen molar-refractivity contribution in [3.8, 4) is 0 Å². The SMILES string of the molecule is Cc1ccccc1SCC(=O)N1CCC(C(=O)Nc2ccccn2)CC1. The van der Waals surface area contributed by atoms with Gasteiger partial charge in [0.15, 0.2) is 0 Å². The van der Waals surface area contributed by atoms with E-state index in [1.165, 1.54) is 5.56 Å². The van der Waals surface area contributed by atoms with Gasteiger partial charge < -0.3 is 10.2 Å². The maximum atomic E-state index is 12.4. The van der Waals surface area contributed by atoms with E-state index in [0.717, 1.165) is 4.90 Å². The highest BCUT2D eigenvalue weighted by atomic mass is 32.2. The van der Waals surface area contributed by atoms with Crippen LogP contribution in [0.2, 0.25) is 0 Å². The highest BCUT2D eigenvalue weighted by molar-refractivity contribution is 8.00. The molecule has 1 saturated heterocycles. The summed E-state index contributed by atoms with van der Waals surface area (Å²) in [7, 11) is 0. The molecule has 136 valence electrons. The minimum absolute atomic E-state index is 0.00918. The molecule has 3 rings (SSSR count). The molecule has 1 aromatic heterocycles. The Balaban J connectivity index is 1.45. The third kappa shape index (κ3) is 4.85. The van der Waals surface area contributed by atoms with Crippen molar-refractivity contribution in [1.82, 2.24) is 9.88 Å². The number of hydrogen-bond acceptors (Lipinski definition) is 4. The van der Waals surface area contributed by atoms with Gasteiger partial charge >= 0.3 is 0 Å². The zero-order valence-corrected chi connectivity index (χ0v) is 15.7. The summed E-state index contributed by atoms with van der Waals surface area (Å²) in [5, 5.41) is 2.85. The predicted octanol–water partition coefficient (Wildman–Crippen LogP) is 3.36. The van der Waals surface area contributed by atoms with Crippen molar-refractivity contribution in [2.45, 2.75) is 24.7 Å². The quantitative estimate of drug-likeness (QED) is 0.821. The molecule has 1 aromatic carbocycles. The van der Waals surface area contributed by atoms with Gasteiger partial charge in [-0.1, -0.05) is 24.3 Å². The van der Waals surface area contributed by atoms with Crippen LogP contribution in [0.1, 0.15) is 18.4 Å². The number of pyridine rings is 1. The van der Waals surface area contributed by atoms with Gasteiger partial charge in [-0.05, 0) is 43.5 Å². The van der Waals surface area contributed by atoms with Gasteiger partial charge in [0, 0.05) is 30.1 Å². The van der Waals surface area contributed by atoms with Gasteiger partial charge in [-0.25, -0.2) is 4.98 Å². The Labute approximate surface area is 158 Å². The number of anilines is 1. The van der Waals surface area contributed by atoms with Crippen LogP contribution in [0.3, 0.4) is 0 Å². The van der Waals surface area contributed by atoms with E-state index >= 15 is 0 Å². The topological polar surface area (TPSA) is 62.3 Å². The van der Waals surface area contributed by atoms with E-state index in [4.69, 9.17) is 0 Å². The molecule has 1 aliphatic heterocycles. The number of hydrogen-bond donors (Lipinski definition) is 1. The first-order valence-electron chi connectivity index (χ1n) is 8.81. The van der Waals surface area contributed by atoms with E-state index in [1.54, 1.807) is 24.0 Å². The van der Waals surface area contributed by atoms with Gasteiger partial charge in [-0.15, -0.1) is 11.8 Å². The van der Waals surface area contributed by atoms with Crippen LogP contribution in [0, 0.1) is 12.8 Å². The van der Waals surface area contributed by atoms with Crippen molar-refractivity contribution >= 4 is 29.4 Å². The van der Waals surface area contributed by atoms with Crippen molar-refractivity contribution in [3.63, 3.8) is 0 Å². The van der Waals surface area contributed by atoms with E-state index in [-0.39, 0.29) is 17.7 Å². The molecule has 0 saturated carbocycles. The Hall–Kier alpha value is -2.34. The highest BCUT2D eigenvalue weighted by Crippen LogP contribution is 2.24. The average molecular weight is 369 g/mol. The first-order valence-corrected chi connectivity index (χ1v) is 9.80. The van der Waals surface area contributed by atoms with Crippen molar-refractivity contribution in [1.29, 1.82) is 0 Å². The van der Waals surface area contributed by atoms with E-state index in [2.05, 4.69) is 23.3 Å². The normalized spacial score (nSPS) is 14.9. The highest BCUT2D eigenvalue weighted by Gasteiger charge is 2.27. The number of aryl methyl sites for hydroxylation is 1. The summed E-state index contributed by atoms with van der Waals surface area (Å²) in [6.07, 6.45) is 3.04. The summed E-state index contributed by atoms with van der Waals surface area (Å²) in [4.78, 5) is 31.9. The summed E-state index contributed by atoms with van der Waals surface area (Å²) in [5.74, 6) is 1.08. The van der Waals surface area contributed by atoms with Crippen LogP contribution in [0.5, 0.6) is 0 Å². The van der Waals surface area contributed by atoms with E-state index in [1.807, 2.05) is 35.2 Å². The minimum Gasteiger partial charge on any atom is -0.342 e. The number of nitrogens with zero attached hydrogens (tertiary/aromatic N) is 2. The van der Waals surface area contributed by atoms with Gasteiger partial charge in [0.2, 0.25) is 11.8 Å². The fourth-order valence-electron chi connectivity index (χ4n) is 3.01. The summed E-state index contributed by atoms with van der Waals surface area (Å²) in [6.45, 7) is 3.32. The van der Waals surface area contributed by atoms with Crippen molar-refractivity contribution in [2.75, 3.05) is 24.2 Å². The van der Waals surface area contributed by atoms with Crippen LogP contribution in [-0.4, -0.2) is 40.5 Å². The number of likely N-dealkylation sites (tertiary alicyclic amines) is 1. The van der Waals surface area contributed by atoms with Crippen LogP contribution >= 0.6 is 11.8 Å². The van der Waals surface area contributed by atoms with Crippen molar-refractivity contribution in [3.05, 3.63) is 54.2 Å². The Morgan fingerprint density at radius 2 is 1.88 bits per heavy atom. The number of amides is 2. The lowest BCUT2D eigenvalue weighted by Gasteiger charge is -2.31. The zero-order chi connectivity index (χ0) is 18.4. The van der Waals surface area contributed by atoms with Crippen LogP contribution < -0.4 is 5.32 Å². The Morgan fingerprint density at radius 3 is 2.58 bits per heavy atom. The summed E-state index contributed by atoms with van der Waals surface area (Å²) in [6, 6.07) is 13.5. The molecule has 0 spiro atoms. The van der Waals surface area contributed by atoms with Gasteiger partial charge in [-0.2, -0.15) is 0 Å². The van der Waals surface area contributed by atoms with Crippen molar-refractivity contribution in [2.24, 2.45) is 5.92 Å². The smallest absolute Gasteiger partial charge is 0.232 e. The summed E-state index contributed by atoms with van der Waals surface area (Å²) < 4.78 is 0. The van der Waals surface area contributed by atoms with Gasteiger partial charge in [0.05, 0.1) is 5.75 Å². The first kappa shape index (κ1) is 18.5. The number of benzene rings is 1. The van der Waals surface area contributed by atoms with E-state index in [0.29, 0.717) is 37.5 Å². The molecule has 1 fully saturated rings. The lowest BCUT2D eigenvalue weighted by molar-refractivity contribution is -0.132. The minimum atomic E-state index is -0.0647. The molecular weight excluding hydrogens is 346 g/mol. The third-order valence-electron chi connectivity index (χ3n) is 4.58. The van der Waals surface area contributed by atoms with E-state index < -0.39 is 0 Å². The molecule has 0 radical (unpaired) electrons. The number of piperidine rings is 1. The summed E-state index contributed by atoms with van der Waals surface area (Å²) in [5.41, 5.74) is 1.19. The van der Waals surface area contributed by atoms with Crippen LogP contribution in [0.15, 0.2) is 53.6 Å². The molecule has 0 unspecified atom stereocenters.